The number of rotatable bonds is 3. The minimum Gasteiger partial charge on any atom is -0.338 e. The molecule has 0 bridgehead atoms. The van der Waals surface area contributed by atoms with Gasteiger partial charge in [0.05, 0.1) is 16.6 Å². The Balaban J connectivity index is 1.40. The van der Waals surface area contributed by atoms with E-state index < -0.39 is 5.82 Å². The third-order valence-corrected chi connectivity index (χ3v) is 7.25. The topological polar surface area (TPSA) is 92.1 Å². The molecule has 1 aliphatic carbocycles. The van der Waals surface area contributed by atoms with E-state index in [-0.39, 0.29) is 23.1 Å². The number of H-pyrrole nitrogens is 1. The van der Waals surface area contributed by atoms with Crippen molar-refractivity contribution < 1.29 is 9.18 Å². The molecule has 4 unspecified atom stereocenters. The largest absolute Gasteiger partial charge is 0.338 e. The van der Waals surface area contributed by atoms with Gasteiger partial charge >= 0.3 is 0 Å². The number of halogens is 1. The summed E-state index contributed by atoms with van der Waals surface area (Å²) in [6.07, 6.45) is 2.32. The second kappa shape index (κ2) is 8.13. The molecule has 2 aromatic carbocycles. The van der Waals surface area contributed by atoms with Crippen molar-refractivity contribution in [2.75, 3.05) is 13.1 Å². The maximum absolute atomic E-state index is 14.7. The Morgan fingerprint density at radius 3 is 2.66 bits per heavy atom. The molecule has 2 heterocycles. The molecule has 0 spiro atoms. The number of hydrogen-bond acceptors (Lipinski definition) is 4. The van der Waals surface area contributed by atoms with Crippen LogP contribution in [0.4, 0.5) is 4.39 Å². The molecule has 3 N–H and O–H groups in total. The van der Waals surface area contributed by atoms with Gasteiger partial charge in [0.25, 0.3) is 11.5 Å². The van der Waals surface area contributed by atoms with Gasteiger partial charge in [-0.05, 0) is 54.4 Å². The van der Waals surface area contributed by atoms with Gasteiger partial charge in [0.2, 0.25) is 0 Å². The number of amides is 1. The van der Waals surface area contributed by atoms with Gasteiger partial charge in [-0.15, -0.1) is 0 Å². The first kappa shape index (κ1) is 20.8. The van der Waals surface area contributed by atoms with Crippen molar-refractivity contribution in [3.05, 3.63) is 75.5 Å². The number of likely N-dealkylation sites (tertiary alicyclic amines) is 1. The predicted molar refractivity (Wildman–Crippen MR) is 121 cm³/mol. The van der Waals surface area contributed by atoms with Crippen LogP contribution in [0.25, 0.3) is 10.8 Å². The lowest BCUT2D eigenvalue weighted by atomic mass is 9.74. The molecule has 32 heavy (non-hydrogen) atoms. The highest BCUT2D eigenvalue weighted by atomic mass is 19.1. The van der Waals surface area contributed by atoms with Crippen molar-refractivity contribution in [3.8, 4) is 0 Å². The normalized spacial score (nSPS) is 25.2. The van der Waals surface area contributed by atoms with Gasteiger partial charge in [-0.25, -0.2) is 9.49 Å². The number of aromatic amines is 1. The zero-order valence-corrected chi connectivity index (χ0v) is 18.1. The zero-order chi connectivity index (χ0) is 22.4. The molecular formula is C25H27FN4O2. The van der Waals surface area contributed by atoms with Gasteiger partial charge in [0.1, 0.15) is 5.82 Å². The van der Waals surface area contributed by atoms with Gasteiger partial charge in [-0.3, -0.25) is 9.59 Å². The van der Waals surface area contributed by atoms with Crippen LogP contribution in [-0.4, -0.2) is 40.1 Å². The molecule has 4 atom stereocenters. The van der Waals surface area contributed by atoms with Crippen LogP contribution >= 0.6 is 0 Å². The summed E-state index contributed by atoms with van der Waals surface area (Å²) in [5.74, 6) is 0.507. The van der Waals surface area contributed by atoms with Crippen LogP contribution in [0.5, 0.6) is 0 Å². The molecule has 166 valence electrons. The fraction of sp³-hybridized carbons (Fsp3) is 0.400. The van der Waals surface area contributed by atoms with E-state index in [1.54, 1.807) is 29.2 Å². The van der Waals surface area contributed by atoms with E-state index >= 15 is 0 Å². The van der Waals surface area contributed by atoms with E-state index in [1.807, 2.05) is 12.1 Å². The zero-order valence-electron chi connectivity index (χ0n) is 18.1. The number of carbonyl (C=O) groups is 1. The molecule has 0 radical (unpaired) electrons. The number of nitrogens with two attached hydrogens (primary N) is 1. The monoisotopic (exact) mass is 434 g/mol. The minimum atomic E-state index is -0.516. The summed E-state index contributed by atoms with van der Waals surface area (Å²) < 4.78 is 14.7. The Bertz CT molecular complexity index is 1220. The van der Waals surface area contributed by atoms with Gasteiger partial charge in [-0.2, -0.15) is 5.10 Å². The van der Waals surface area contributed by atoms with Crippen LogP contribution in [-0.2, 0) is 6.42 Å². The molecule has 1 saturated carbocycles. The summed E-state index contributed by atoms with van der Waals surface area (Å²) >= 11 is 0. The summed E-state index contributed by atoms with van der Waals surface area (Å²) in [6.45, 7) is 3.47. The second-order valence-electron chi connectivity index (χ2n) is 9.38. The molecule has 6 nitrogen and oxygen atoms in total. The summed E-state index contributed by atoms with van der Waals surface area (Å²) in [6, 6.07) is 12.1. The van der Waals surface area contributed by atoms with E-state index in [1.165, 1.54) is 6.07 Å². The minimum absolute atomic E-state index is 0.0900. The predicted octanol–water partition coefficient (Wildman–Crippen LogP) is 3.10. The standard InChI is InChI=1S/C25H27FN4O2/c1-14-8-16-12-30(13-17(16)11-22(14)27)25(32)20-9-15(6-7-21(20)26)10-23-18-4-2-3-5-19(18)24(31)29-28-23/h2-7,9,14,16-17,22H,8,10-13,27H2,1H3,(H,29,31). The molecule has 2 aliphatic rings. The van der Waals surface area contributed by atoms with Crippen molar-refractivity contribution in [1.82, 2.24) is 15.1 Å². The fourth-order valence-electron chi connectivity index (χ4n) is 5.39. The first-order valence-electron chi connectivity index (χ1n) is 11.2. The Labute approximate surface area is 185 Å². The van der Waals surface area contributed by atoms with E-state index in [9.17, 15) is 14.0 Å². The van der Waals surface area contributed by atoms with Crippen LogP contribution in [0.2, 0.25) is 0 Å². The Morgan fingerprint density at radius 2 is 1.88 bits per heavy atom. The summed E-state index contributed by atoms with van der Waals surface area (Å²) in [5.41, 5.74) is 7.54. The number of benzene rings is 2. The molecular weight excluding hydrogens is 407 g/mol. The van der Waals surface area contributed by atoms with Crippen LogP contribution in [0, 0.1) is 23.6 Å². The maximum atomic E-state index is 14.7. The third-order valence-electron chi connectivity index (χ3n) is 7.25. The molecule has 1 amide bonds. The van der Waals surface area contributed by atoms with Crippen molar-refractivity contribution in [2.24, 2.45) is 23.5 Å². The van der Waals surface area contributed by atoms with Gasteiger partial charge in [0.15, 0.2) is 0 Å². The van der Waals surface area contributed by atoms with Crippen molar-refractivity contribution in [3.63, 3.8) is 0 Å². The number of aromatic nitrogens is 2. The van der Waals surface area contributed by atoms with E-state index in [4.69, 9.17) is 5.73 Å². The molecule has 3 aromatic rings. The van der Waals surface area contributed by atoms with Gasteiger partial charge in [-0.1, -0.05) is 31.2 Å². The number of nitrogens with one attached hydrogen (secondary N) is 1. The van der Waals surface area contributed by atoms with Crippen LogP contribution in [0.1, 0.15) is 41.4 Å². The summed E-state index contributed by atoms with van der Waals surface area (Å²) in [7, 11) is 0. The van der Waals surface area contributed by atoms with E-state index in [0.29, 0.717) is 48.3 Å². The van der Waals surface area contributed by atoms with Gasteiger partial charge < -0.3 is 10.6 Å². The molecule has 7 heteroatoms. The van der Waals surface area contributed by atoms with Crippen molar-refractivity contribution in [2.45, 2.75) is 32.2 Å². The van der Waals surface area contributed by atoms with Crippen LogP contribution < -0.4 is 11.3 Å². The summed E-state index contributed by atoms with van der Waals surface area (Å²) in [5, 5.41) is 8.04. The molecule has 2 fully saturated rings. The van der Waals surface area contributed by atoms with Crippen LogP contribution in [0.3, 0.4) is 0 Å². The highest BCUT2D eigenvalue weighted by Gasteiger charge is 2.41. The van der Waals surface area contributed by atoms with Crippen molar-refractivity contribution >= 4 is 16.7 Å². The fourth-order valence-corrected chi connectivity index (χ4v) is 5.39. The Hall–Kier alpha value is -3.06. The highest BCUT2D eigenvalue weighted by molar-refractivity contribution is 5.95. The molecule has 1 aromatic heterocycles. The quantitative estimate of drug-likeness (QED) is 0.663. The Kier molecular flexibility index (Phi) is 5.29. The Morgan fingerprint density at radius 1 is 1.16 bits per heavy atom. The number of carbonyl (C=O) groups excluding carboxylic acids is 1. The first-order valence-corrected chi connectivity index (χ1v) is 11.2. The van der Waals surface area contributed by atoms with Gasteiger partial charge in [0, 0.05) is 30.9 Å². The van der Waals surface area contributed by atoms with E-state index in [2.05, 4.69) is 17.1 Å². The number of fused-ring (bicyclic) bond motifs is 2. The second-order valence-corrected chi connectivity index (χ2v) is 9.38. The lowest BCUT2D eigenvalue weighted by Crippen LogP contribution is -2.39. The van der Waals surface area contributed by atoms with E-state index in [0.717, 1.165) is 23.8 Å². The highest BCUT2D eigenvalue weighted by Crippen LogP contribution is 2.39. The number of nitrogens with zero attached hydrogens (tertiary/aromatic N) is 2. The average molecular weight is 435 g/mol. The molecule has 1 aliphatic heterocycles. The SMILES string of the molecule is CC1CC2CN(C(=O)c3cc(Cc4n[nH]c(=O)c5ccccc45)ccc3F)CC2CC1N. The lowest BCUT2D eigenvalue weighted by molar-refractivity contribution is 0.0779. The maximum Gasteiger partial charge on any atom is 0.272 e. The molecule has 1 saturated heterocycles. The van der Waals surface area contributed by atoms with Crippen molar-refractivity contribution in [1.29, 1.82) is 0 Å². The molecule has 5 rings (SSSR count). The smallest absolute Gasteiger partial charge is 0.272 e. The lowest BCUT2D eigenvalue weighted by Gasteiger charge is -2.33. The third kappa shape index (κ3) is 3.71. The number of hydrogen-bond donors (Lipinski definition) is 2. The average Bonchev–Trinajstić information content (AvgIpc) is 3.19. The summed E-state index contributed by atoms with van der Waals surface area (Å²) in [4.78, 5) is 27.1. The van der Waals surface area contributed by atoms with Crippen LogP contribution in [0.15, 0.2) is 47.3 Å². The first-order chi connectivity index (χ1) is 15.4.